The third-order valence-electron chi connectivity index (χ3n) is 11.1. The van der Waals surface area contributed by atoms with Crippen LogP contribution in [0.3, 0.4) is 0 Å². The third kappa shape index (κ3) is 45.1. The first-order valence-electron chi connectivity index (χ1n) is 25.0. The lowest BCUT2D eigenvalue weighted by Gasteiger charge is -2.27. The molecule has 0 heterocycles. The zero-order valence-electron chi connectivity index (χ0n) is 39.9. The molecule has 0 atom stereocenters. The van der Waals surface area contributed by atoms with Gasteiger partial charge in [0.2, 0.25) is 0 Å². The van der Waals surface area contributed by atoms with E-state index in [1.54, 1.807) is 0 Å². The normalized spacial score (nSPS) is 11.8. The number of carboxylic acid groups (broad SMARTS) is 3. The van der Waals surface area contributed by atoms with Gasteiger partial charge in [-0.15, -0.1) is 0 Å². The molecule has 63 heavy (non-hydrogen) atoms. The molecule has 0 aliphatic carbocycles. The van der Waals surface area contributed by atoms with E-state index in [0.29, 0.717) is 0 Å². The van der Waals surface area contributed by atoms with Crippen LogP contribution < -0.4 is 0 Å². The average molecular weight is 894 g/mol. The van der Waals surface area contributed by atoms with Crippen molar-refractivity contribution < 1.29 is 48.8 Å². The molecule has 0 aromatic heterocycles. The second kappa shape index (κ2) is 45.3. The molecule has 0 spiro atoms. The lowest BCUT2D eigenvalue weighted by atomic mass is 10.1. The van der Waals surface area contributed by atoms with E-state index < -0.39 is 42.9 Å². The van der Waals surface area contributed by atoms with E-state index in [-0.39, 0.29) is 59.0 Å². The summed E-state index contributed by atoms with van der Waals surface area (Å²) in [5.74, 6) is -4.47. The zero-order chi connectivity index (χ0) is 46.4. The lowest BCUT2D eigenvalue weighted by molar-refractivity contribution is -0.148. The topological polar surface area (TPSA) is 174 Å². The quantitative estimate of drug-likeness (QED) is 0.0299. The van der Waals surface area contributed by atoms with Gasteiger partial charge in [0, 0.05) is 26.2 Å². The zero-order valence-corrected chi connectivity index (χ0v) is 39.9. The number of aliphatic carboxylic acids is 3. The summed E-state index contributed by atoms with van der Waals surface area (Å²) < 4.78 is 10.8. The van der Waals surface area contributed by atoms with E-state index >= 15 is 0 Å². The number of carboxylic acids is 3. The van der Waals surface area contributed by atoms with Gasteiger partial charge in [-0.3, -0.25) is 38.7 Å². The SMILES string of the molecule is CCCCCCCC/C=C\CCCCCCCCOC(=O)CN(CCN(CCN(CC(=O)O)CC(=O)OCCCCCCCC/C=C\CCCCCCCC)CC(=O)O)CC(=O)O. The van der Waals surface area contributed by atoms with Gasteiger partial charge in [-0.1, -0.05) is 154 Å². The van der Waals surface area contributed by atoms with Crippen molar-refractivity contribution in [2.45, 2.75) is 194 Å². The molecule has 0 radical (unpaired) electrons. The van der Waals surface area contributed by atoms with E-state index in [2.05, 4.69) is 38.2 Å². The van der Waals surface area contributed by atoms with E-state index in [9.17, 15) is 39.3 Å². The number of hydrogen-bond acceptors (Lipinski definition) is 10. The molecule has 0 aromatic rings. The van der Waals surface area contributed by atoms with Crippen LogP contribution in [0.5, 0.6) is 0 Å². The number of allylic oxidation sites excluding steroid dienone is 4. The van der Waals surface area contributed by atoms with Crippen LogP contribution >= 0.6 is 0 Å². The molecular formula is C50H91N3O10. The number of hydrogen-bond donors (Lipinski definition) is 3. The van der Waals surface area contributed by atoms with Gasteiger partial charge in [-0.2, -0.15) is 0 Å². The predicted molar refractivity (Wildman–Crippen MR) is 253 cm³/mol. The molecule has 0 aliphatic heterocycles. The molecule has 0 unspecified atom stereocenters. The molecule has 3 N–H and O–H groups in total. The molecule has 0 aliphatic rings. The largest absolute Gasteiger partial charge is 0.480 e. The van der Waals surface area contributed by atoms with E-state index in [1.165, 1.54) is 130 Å². The second-order valence-corrected chi connectivity index (χ2v) is 17.2. The number of carbonyl (C=O) groups excluding carboxylic acids is 2. The van der Waals surface area contributed by atoms with Gasteiger partial charge < -0.3 is 24.8 Å². The first kappa shape index (κ1) is 59.7. The summed E-state index contributed by atoms with van der Waals surface area (Å²) in [6.07, 6.45) is 42.2. The molecule has 366 valence electrons. The van der Waals surface area contributed by atoms with Crippen LogP contribution in [-0.4, -0.2) is 132 Å². The smallest absolute Gasteiger partial charge is 0.320 e. The first-order valence-corrected chi connectivity index (χ1v) is 25.0. The summed E-state index contributed by atoms with van der Waals surface area (Å²) in [5.41, 5.74) is 0. The van der Waals surface area contributed by atoms with Crippen molar-refractivity contribution in [2.75, 3.05) is 72.1 Å². The highest BCUT2D eigenvalue weighted by Crippen LogP contribution is 2.12. The van der Waals surface area contributed by atoms with Gasteiger partial charge in [0.15, 0.2) is 0 Å². The maximum Gasteiger partial charge on any atom is 0.320 e. The minimum atomic E-state index is -1.13. The number of esters is 2. The Bertz CT molecular complexity index is 1110. The van der Waals surface area contributed by atoms with Crippen molar-refractivity contribution in [1.82, 2.24) is 14.7 Å². The van der Waals surface area contributed by atoms with Crippen molar-refractivity contribution in [2.24, 2.45) is 0 Å². The van der Waals surface area contributed by atoms with Gasteiger partial charge in [-0.25, -0.2) is 0 Å². The molecule has 0 fully saturated rings. The highest BCUT2D eigenvalue weighted by molar-refractivity contribution is 5.74. The number of unbranched alkanes of at least 4 members (excludes halogenated alkanes) is 24. The Morgan fingerprint density at radius 2 is 0.603 bits per heavy atom. The van der Waals surface area contributed by atoms with Gasteiger partial charge in [0.1, 0.15) is 0 Å². The summed E-state index contributed by atoms with van der Waals surface area (Å²) in [6, 6.07) is 0. The van der Waals surface area contributed by atoms with Crippen molar-refractivity contribution >= 4 is 29.8 Å². The molecule has 0 rings (SSSR count). The standard InChI is InChI=1S/C50H91N3O10/c1-3-5-7-9-11-13-15-17-19-21-23-25-27-29-31-33-39-62-49(60)44-52(42-47(56)57)37-35-51(41-46(54)55)36-38-53(43-48(58)59)45-50(61)63-40-34-32-30-28-26-24-22-20-18-16-14-12-10-8-6-4-2/h17-20H,3-16,21-45H2,1-2H3,(H,54,55)(H,56,57)(H,58,59)/b19-17-,20-18-. The Kier molecular flexibility index (Phi) is 42.9. The van der Waals surface area contributed by atoms with Crippen LogP contribution in [0.4, 0.5) is 0 Å². The Balaban J connectivity index is 4.42. The van der Waals surface area contributed by atoms with Crippen molar-refractivity contribution in [3.05, 3.63) is 24.3 Å². The van der Waals surface area contributed by atoms with Crippen LogP contribution in [0.1, 0.15) is 194 Å². The molecule has 0 saturated carbocycles. The van der Waals surface area contributed by atoms with Gasteiger partial charge in [-0.05, 0) is 64.2 Å². The monoisotopic (exact) mass is 894 g/mol. The Labute approximate surface area is 382 Å². The van der Waals surface area contributed by atoms with Crippen LogP contribution in [0.15, 0.2) is 24.3 Å². The highest BCUT2D eigenvalue weighted by Gasteiger charge is 2.20. The average Bonchev–Trinajstić information content (AvgIpc) is 3.23. The number of rotatable bonds is 48. The summed E-state index contributed by atoms with van der Waals surface area (Å²) in [5, 5.41) is 28.5. The summed E-state index contributed by atoms with van der Waals surface area (Å²) >= 11 is 0. The van der Waals surface area contributed by atoms with E-state index in [1.807, 2.05) is 0 Å². The molecule has 0 saturated heterocycles. The minimum Gasteiger partial charge on any atom is -0.480 e. The highest BCUT2D eigenvalue weighted by atomic mass is 16.5. The fourth-order valence-corrected chi connectivity index (χ4v) is 7.37. The van der Waals surface area contributed by atoms with Crippen LogP contribution in [0, 0.1) is 0 Å². The summed E-state index contributed by atoms with van der Waals surface area (Å²) in [4.78, 5) is 64.3. The number of carbonyl (C=O) groups is 5. The van der Waals surface area contributed by atoms with E-state index in [4.69, 9.17) is 9.47 Å². The van der Waals surface area contributed by atoms with Crippen LogP contribution in [0.2, 0.25) is 0 Å². The molecule has 0 aromatic carbocycles. The maximum atomic E-state index is 12.6. The fourth-order valence-electron chi connectivity index (χ4n) is 7.37. The van der Waals surface area contributed by atoms with Crippen LogP contribution in [-0.2, 0) is 33.4 Å². The molecule has 0 bridgehead atoms. The van der Waals surface area contributed by atoms with Gasteiger partial charge in [0.05, 0.1) is 45.9 Å². The first-order chi connectivity index (χ1) is 30.6. The van der Waals surface area contributed by atoms with E-state index in [0.717, 1.165) is 64.2 Å². The van der Waals surface area contributed by atoms with Gasteiger partial charge in [0.25, 0.3) is 0 Å². The Morgan fingerprint density at radius 1 is 0.349 bits per heavy atom. The molecule has 0 amide bonds. The fraction of sp³-hybridized carbons (Fsp3) is 0.820. The molecule has 13 nitrogen and oxygen atoms in total. The van der Waals surface area contributed by atoms with Crippen molar-refractivity contribution in [1.29, 1.82) is 0 Å². The number of nitrogens with zero attached hydrogens (tertiary/aromatic N) is 3. The maximum absolute atomic E-state index is 12.6. The Hall–Kier alpha value is -3.29. The summed E-state index contributed by atoms with van der Waals surface area (Å²) in [6.45, 7) is 3.57. The second-order valence-electron chi connectivity index (χ2n) is 17.2. The third-order valence-corrected chi connectivity index (χ3v) is 11.1. The van der Waals surface area contributed by atoms with Crippen molar-refractivity contribution in [3.63, 3.8) is 0 Å². The predicted octanol–water partition coefficient (Wildman–Crippen LogP) is 10.3. The molecular weight excluding hydrogens is 803 g/mol. The van der Waals surface area contributed by atoms with Crippen LogP contribution in [0.25, 0.3) is 0 Å². The van der Waals surface area contributed by atoms with Crippen molar-refractivity contribution in [3.8, 4) is 0 Å². The number of ether oxygens (including phenoxy) is 2. The molecule has 13 heteroatoms. The Morgan fingerprint density at radius 3 is 0.905 bits per heavy atom. The summed E-state index contributed by atoms with van der Waals surface area (Å²) in [7, 11) is 0. The lowest BCUT2D eigenvalue weighted by Crippen LogP contribution is -2.45. The van der Waals surface area contributed by atoms with Gasteiger partial charge >= 0.3 is 29.8 Å². The minimum absolute atomic E-state index is 0.0697.